The molecule has 1 aliphatic heterocycles. The van der Waals surface area contributed by atoms with E-state index in [1.54, 1.807) is 12.0 Å². The number of fused-ring (bicyclic) bond motifs is 1. The van der Waals surface area contributed by atoms with Crippen molar-refractivity contribution in [2.75, 3.05) is 39.2 Å². The van der Waals surface area contributed by atoms with E-state index in [-0.39, 0.29) is 49.1 Å². The highest BCUT2D eigenvalue weighted by atomic mass is 16.5. The van der Waals surface area contributed by atoms with Gasteiger partial charge in [0, 0.05) is 42.8 Å². The summed E-state index contributed by atoms with van der Waals surface area (Å²) in [6, 6.07) is 13.2. The fourth-order valence-corrected chi connectivity index (χ4v) is 5.74. The smallest absolute Gasteiger partial charge is 0.319 e. The molecule has 1 fully saturated rings. The molecule has 1 heterocycles. The van der Waals surface area contributed by atoms with Crippen molar-refractivity contribution in [1.82, 2.24) is 15.1 Å². The number of benzene rings is 2. The average Bonchev–Trinajstić information content (AvgIpc) is 3.01. The van der Waals surface area contributed by atoms with Gasteiger partial charge in [0.2, 0.25) is 5.91 Å². The van der Waals surface area contributed by atoms with Crippen molar-refractivity contribution in [3.63, 3.8) is 0 Å². The van der Waals surface area contributed by atoms with Gasteiger partial charge in [0.15, 0.2) is 0 Å². The minimum Gasteiger partial charge on any atom is -0.497 e. The number of hydrogen-bond donors (Lipinski definition) is 3. The molecule has 0 spiro atoms. The predicted molar refractivity (Wildman–Crippen MR) is 160 cm³/mol. The van der Waals surface area contributed by atoms with Gasteiger partial charge in [-0.3, -0.25) is 9.69 Å². The van der Waals surface area contributed by atoms with E-state index in [4.69, 9.17) is 9.47 Å². The molecule has 1 aliphatic carbocycles. The second-order valence-electron chi connectivity index (χ2n) is 11.7. The first-order chi connectivity index (χ1) is 19.7. The number of rotatable bonds is 9. The SMILES string of the molecule is COc1ccc(CN(C)C[C@H]2Oc3ccc(NC(=O)NC4CCCCC4)cc3CC(=O)N([C@@H](C)CO)C[C@@H]2C)cc1. The normalized spacial score (nSPS) is 20.7. The molecule has 0 unspecified atom stereocenters. The van der Waals surface area contributed by atoms with Crippen molar-refractivity contribution >= 4 is 17.6 Å². The lowest BCUT2D eigenvalue weighted by Crippen LogP contribution is -2.47. The largest absolute Gasteiger partial charge is 0.497 e. The van der Waals surface area contributed by atoms with E-state index in [0.29, 0.717) is 24.5 Å². The number of likely N-dealkylation sites (N-methyl/N-ethyl adjacent to an activating group) is 1. The number of anilines is 1. The Morgan fingerprint density at radius 1 is 1.17 bits per heavy atom. The van der Waals surface area contributed by atoms with Crippen molar-refractivity contribution < 1.29 is 24.2 Å². The Morgan fingerprint density at radius 3 is 2.59 bits per heavy atom. The molecule has 0 saturated heterocycles. The van der Waals surface area contributed by atoms with Crippen LogP contribution >= 0.6 is 0 Å². The van der Waals surface area contributed by atoms with Gasteiger partial charge in [-0.05, 0) is 62.7 Å². The number of hydrogen-bond acceptors (Lipinski definition) is 6. The van der Waals surface area contributed by atoms with E-state index in [2.05, 4.69) is 41.6 Å². The summed E-state index contributed by atoms with van der Waals surface area (Å²) in [5, 5.41) is 15.9. The Balaban J connectivity index is 1.52. The van der Waals surface area contributed by atoms with Gasteiger partial charge in [-0.15, -0.1) is 0 Å². The van der Waals surface area contributed by atoms with Crippen LogP contribution < -0.4 is 20.1 Å². The Morgan fingerprint density at radius 2 is 1.90 bits per heavy atom. The lowest BCUT2D eigenvalue weighted by Gasteiger charge is -2.34. The second kappa shape index (κ2) is 14.5. The first-order valence-electron chi connectivity index (χ1n) is 14.8. The van der Waals surface area contributed by atoms with Crippen molar-refractivity contribution in [3.8, 4) is 11.5 Å². The van der Waals surface area contributed by atoms with Gasteiger partial charge in [0.1, 0.15) is 17.6 Å². The van der Waals surface area contributed by atoms with Crippen molar-refractivity contribution in [2.24, 2.45) is 5.92 Å². The van der Waals surface area contributed by atoms with E-state index in [1.165, 1.54) is 6.42 Å². The van der Waals surface area contributed by atoms with Crippen LogP contribution in [0.25, 0.3) is 0 Å². The summed E-state index contributed by atoms with van der Waals surface area (Å²) in [7, 11) is 3.72. The molecule has 1 saturated carbocycles. The Labute approximate surface area is 244 Å². The van der Waals surface area contributed by atoms with Gasteiger partial charge in [-0.1, -0.05) is 38.3 Å². The topological polar surface area (TPSA) is 103 Å². The molecule has 0 bridgehead atoms. The summed E-state index contributed by atoms with van der Waals surface area (Å²) < 4.78 is 11.9. The number of methoxy groups -OCH3 is 1. The van der Waals surface area contributed by atoms with Crippen LogP contribution in [0.3, 0.4) is 0 Å². The summed E-state index contributed by atoms with van der Waals surface area (Å²) >= 11 is 0. The molecule has 3 N–H and O–H groups in total. The summed E-state index contributed by atoms with van der Waals surface area (Å²) in [5.41, 5.74) is 2.51. The summed E-state index contributed by atoms with van der Waals surface area (Å²) in [4.78, 5) is 30.2. The quantitative estimate of drug-likeness (QED) is 0.415. The third kappa shape index (κ3) is 8.60. The number of aliphatic hydroxyl groups is 1. The Hall–Kier alpha value is -3.30. The van der Waals surface area contributed by atoms with Gasteiger partial charge in [0.25, 0.3) is 0 Å². The van der Waals surface area contributed by atoms with E-state index in [1.807, 2.05) is 37.3 Å². The minimum absolute atomic E-state index is 0.0105. The number of nitrogens with one attached hydrogen (secondary N) is 2. The summed E-state index contributed by atoms with van der Waals surface area (Å²) in [6.07, 6.45) is 5.44. The third-order valence-corrected chi connectivity index (χ3v) is 8.22. The van der Waals surface area contributed by atoms with Crippen LogP contribution in [0.15, 0.2) is 42.5 Å². The van der Waals surface area contributed by atoms with E-state index >= 15 is 0 Å². The third-order valence-electron chi connectivity index (χ3n) is 8.22. The maximum atomic E-state index is 13.5. The van der Waals surface area contributed by atoms with Gasteiger partial charge in [-0.25, -0.2) is 4.79 Å². The molecule has 3 atom stereocenters. The second-order valence-corrected chi connectivity index (χ2v) is 11.7. The maximum Gasteiger partial charge on any atom is 0.319 e. The van der Waals surface area contributed by atoms with E-state index in [0.717, 1.165) is 49.1 Å². The van der Waals surface area contributed by atoms with Gasteiger partial charge >= 0.3 is 6.03 Å². The standard InChI is InChI=1S/C32H46N4O5/c1-22-18-36(23(2)21-37)31(38)17-25-16-27(34-32(39)33-26-8-6-5-7-9-26)12-15-29(25)41-30(22)20-35(3)19-24-10-13-28(40-4)14-11-24/h10-16,22-23,26,30,37H,5-9,17-21H2,1-4H3,(H2,33,34,39)/t22-,23-,30+/m0/s1. The van der Waals surface area contributed by atoms with E-state index in [9.17, 15) is 14.7 Å². The fourth-order valence-electron chi connectivity index (χ4n) is 5.74. The van der Waals surface area contributed by atoms with Crippen LogP contribution in [-0.2, 0) is 17.8 Å². The molecule has 2 aromatic rings. The number of aliphatic hydroxyl groups excluding tert-OH is 1. The Bertz CT molecular complexity index is 1150. The summed E-state index contributed by atoms with van der Waals surface area (Å²) in [5.74, 6) is 1.41. The number of carbonyl (C=O) groups is 2. The van der Waals surface area contributed by atoms with Gasteiger partial charge in [0.05, 0.1) is 26.2 Å². The average molecular weight is 567 g/mol. The molecule has 224 valence electrons. The van der Waals surface area contributed by atoms with Gasteiger partial charge < -0.3 is 30.1 Å². The van der Waals surface area contributed by atoms with Crippen LogP contribution in [0.4, 0.5) is 10.5 Å². The molecule has 0 aromatic heterocycles. The lowest BCUT2D eigenvalue weighted by molar-refractivity contribution is -0.134. The molecule has 2 aromatic carbocycles. The minimum atomic E-state index is -0.313. The first-order valence-corrected chi connectivity index (χ1v) is 14.8. The van der Waals surface area contributed by atoms with Crippen LogP contribution in [0, 0.1) is 5.92 Å². The number of carbonyl (C=O) groups excluding carboxylic acids is 2. The molecule has 0 radical (unpaired) electrons. The first kappa shape index (κ1) is 30.7. The number of ether oxygens (including phenoxy) is 2. The Kier molecular flexibility index (Phi) is 10.9. The summed E-state index contributed by atoms with van der Waals surface area (Å²) in [6.45, 7) is 5.70. The molecular formula is C32H46N4O5. The maximum absolute atomic E-state index is 13.5. The van der Waals surface area contributed by atoms with Crippen molar-refractivity contribution in [3.05, 3.63) is 53.6 Å². The van der Waals surface area contributed by atoms with Gasteiger partial charge in [-0.2, -0.15) is 0 Å². The monoisotopic (exact) mass is 566 g/mol. The van der Waals surface area contributed by atoms with Crippen LogP contribution in [0.2, 0.25) is 0 Å². The molecule has 2 aliphatic rings. The van der Waals surface area contributed by atoms with Crippen LogP contribution in [0.1, 0.15) is 57.1 Å². The highest BCUT2D eigenvalue weighted by Crippen LogP contribution is 2.29. The predicted octanol–water partition coefficient (Wildman–Crippen LogP) is 4.43. The molecule has 3 amide bonds. The highest BCUT2D eigenvalue weighted by Gasteiger charge is 2.31. The zero-order valence-electron chi connectivity index (χ0n) is 24.9. The number of amides is 3. The molecule has 9 heteroatoms. The number of nitrogens with zero attached hydrogens (tertiary/aromatic N) is 2. The number of urea groups is 1. The van der Waals surface area contributed by atoms with Crippen LogP contribution in [-0.4, -0.2) is 78.9 Å². The zero-order chi connectivity index (χ0) is 29.4. The molecule has 41 heavy (non-hydrogen) atoms. The van der Waals surface area contributed by atoms with E-state index < -0.39 is 0 Å². The molecule has 4 rings (SSSR count). The van der Waals surface area contributed by atoms with Crippen molar-refractivity contribution in [1.29, 1.82) is 0 Å². The lowest BCUT2D eigenvalue weighted by atomic mass is 9.96. The van der Waals surface area contributed by atoms with Crippen LogP contribution in [0.5, 0.6) is 11.5 Å². The van der Waals surface area contributed by atoms with Crippen molar-refractivity contribution in [2.45, 2.75) is 77.1 Å². The highest BCUT2D eigenvalue weighted by molar-refractivity contribution is 5.90. The molecule has 9 nitrogen and oxygen atoms in total. The molecular weight excluding hydrogens is 520 g/mol. The zero-order valence-corrected chi connectivity index (χ0v) is 24.9. The fraction of sp³-hybridized carbons (Fsp3) is 0.562.